The summed E-state index contributed by atoms with van der Waals surface area (Å²) in [5.41, 5.74) is -4.79. The summed E-state index contributed by atoms with van der Waals surface area (Å²) in [6.07, 6.45) is -20.9. The molecule has 0 aliphatic heterocycles. The van der Waals surface area contributed by atoms with Gasteiger partial charge < -0.3 is 4.57 Å². The third-order valence-corrected chi connectivity index (χ3v) is 12.0. The number of fused-ring (bicyclic) bond motifs is 3. The van der Waals surface area contributed by atoms with E-state index >= 15 is 0 Å². The number of alkyl halides is 12. The Balaban J connectivity index is 1.30. The van der Waals surface area contributed by atoms with E-state index in [4.69, 9.17) is 15.0 Å². The molecular formula is C55H29F13N4. The molecule has 0 atom stereocenters. The molecule has 0 radical (unpaired) electrons. The highest BCUT2D eigenvalue weighted by atomic mass is 19.4. The molecule has 0 bridgehead atoms. The van der Waals surface area contributed by atoms with Gasteiger partial charge in [0.05, 0.1) is 39.0 Å². The fourth-order valence-corrected chi connectivity index (χ4v) is 8.69. The number of nitrogens with zero attached hydrogens (tertiary/aromatic N) is 4. The minimum atomic E-state index is -5.29. The fourth-order valence-electron chi connectivity index (χ4n) is 8.69. The Labute approximate surface area is 399 Å². The van der Waals surface area contributed by atoms with Crippen molar-refractivity contribution in [2.75, 3.05) is 0 Å². The molecule has 0 unspecified atom stereocenters. The van der Waals surface area contributed by atoms with E-state index in [0.717, 1.165) is 0 Å². The molecule has 10 rings (SSSR count). The standard InChI is InChI=1S/C55H29F13N4/c56-38-18-11-30(12-19-38)33-13-20-41(51-70-49(31-7-3-1-4-8-31)69-50(71-51)32-9-5-2-6-10-32)48(27-33)72-46-23-14-34(39-21-16-36(52(57,58)59)28-44(39)54(63,64)65)25-42(46)43-26-35(15-24-47(43)72)40-22-17-37(53(60,61)62)29-45(40)55(66,67)68/h1-29H. The van der Waals surface area contributed by atoms with Crippen LogP contribution in [0.1, 0.15) is 22.3 Å². The van der Waals surface area contributed by atoms with Crippen molar-refractivity contribution in [3.8, 4) is 73.2 Å². The second kappa shape index (κ2) is 17.5. The maximum atomic E-state index is 14.7. The molecule has 72 heavy (non-hydrogen) atoms. The molecular weight excluding hydrogens is 964 g/mol. The normalized spacial score (nSPS) is 12.5. The van der Waals surface area contributed by atoms with Crippen molar-refractivity contribution in [3.05, 3.63) is 204 Å². The maximum Gasteiger partial charge on any atom is 0.417 e. The molecule has 17 heteroatoms. The van der Waals surface area contributed by atoms with Gasteiger partial charge in [-0.3, -0.25) is 0 Å². The van der Waals surface area contributed by atoms with Gasteiger partial charge in [0.15, 0.2) is 17.5 Å². The van der Waals surface area contributed by atoms with Crippen LogP contribution in [0.2, 0.25) is 0 Å². The van der Waals surface area contributed by atoms with Gasteiger partial charge in [-0.2, -0.15) is 52.7 Å². The number of benzene rings is 8. The van der Waals surface area contributed by atoms with Crippen LogP contribution in [-0.2, 0) is 24.7 Å². The highest BCUT2D eigenvalue weighted by Crippen LogP contribution is 2.46. The first-order chi connectivity index (χ1) is 34.1. The Bertz CT molecular complexity index is 3500. The van der Waals surface area contributed by atoms with Crippen LogP contribution in [0.25, 0.3) is 95.0 Å². The summed E-state index contributed by atoms with van der Waals surface area (Å²) in [5.74, 6) is 0.114. The quantitative estimate of drug-likeness (QED) is 0.149. The molecule has 0 N–H and O–H groups in total. The molecule has 0 spiro atoms. The lowest BCUT2D eigenvalue weighted by Crippen LogP contribution is -2.12. The number of hydrogen-bond donors (Lipinski definition) is 0. The van der Waals surface area contributed by atoms with Crippen LogP contribution in [0.4, 0.5) is 57.1 Å². The summed E-state index contributed by atoms with van der Waals surface area (Å²) in [5, 5.41) is 0.170. The molecule has 2 aromatic heterocycles. The monoisotopic (exact) mass is 992 g/mol. The predicted molar refractivity (Wildman–Crippen MR) is 247 cm³/mol. The Kier molecular flexibility index (Phi) is 11.5. The van der Waals surface area contributed by atoms with Gasteiger partial charge in [0.2, 0.25) is 0 Å². The highest BCUT2D eigenvalue weighted by Gasteiger charge is 2.40. The molecule has 0 amide bonds. The Morgan fingerprint density at radius 1 is 0.319 bits per heavy atom. The van der Waals surface area contributed by atoms with Crippen LogP contribution in [0.15, 0.2) is 176 Å². The maximum absolute atomic E-state index is 14.7. The molecule has 0 fully saturated rings. The van der Waals surface area contributed by atoms with Crippen LogP contribution in [0, 0.1) is 5.82 Å². The van der Waals surface area contributed by atoms with Crippen molar-refractivity contribution in [3.63, 3.8) is 0 Å². The van der Waals surface area contributed by atoms with Gasteiger partial charge >= 0.3 is 24.7 Å². The van der Waals surface area contributed by atoms with E-state index in [0.29, 0.717) is 52.1 Å². The lowest BCUT2D eigenvalue weighted by molar-refractivity contribution is -0.144. The van der Waals surface area contributed by atoms with Crippen molar-refractivity contribution in [2.24, 2.45) is 0 Å². The van der Waals surface area contributed by atoms with Gasteiger partial charge in [0.1, 0.15) is 5.82 Å². The van der Waals surface area contributed by atoms with Crippen molar-refractivity contribution in [1.29, 1.82) is 0 Å². The first kappa shape index (κ1) is 47.3. The molecule has 8 aromatic carbocycles. The topological polar surface area (TPSA) is 43.6 Å². The van der Waals surface area contributed by atoms with Gasteiger partial charge in [-0.05, 0) is 106 Å². The lowest BCUT2D eigenvalue weighted by atomic mass is 9.94. The molecule has 0 aliphatic carbocycles. The summed E-state index contributed by atoms with van der Waals surface area (Å²) in [4.78, 5) is 14.6. The van der Waals surface area contributed by atoms with Gasteiger partial charge in [0.25, 0.3) is 0 Å². The average molecular weight is 993 g/mol. The SMILES string of the molecule is Fc1ccc(-c2ccc(-c3nc(-c4ccccc4)nc(-c4ccccc4)n3)c(-n3c4ccc(-c5ccc(C(F)(F)F)cc5C(F)(F)F)cc4c4cc(-c5ccc(C(F)(F)F)cc5C(F)(F)F)ccc43)c2)cc1. The zero-order chi connectivity index (χ0) is 50.9. The van der Waals surface area contributed by atoms with E-state index in [1.54, 1.807) is 83.4 Å². The van der Waals surface area contributed by atoms with Crippen LogP contribution < -0.4 is 0 Å². The summed E-state index contributed by atoms with van der Waals surface area (Å²) >= 11 is 0. The number of aromatic nitrogens is 4. The Morgan fingerprint density at radius 3 is 1.15 bits per heavy atom. The van der Waals surface area contributed by atoms with Crippen molar-refractivity contribution in [1.82, 2.24) is 19.5 Å². The van der Waals surface area contributed by atoms with Crippen molar-refractivity contribution < 1.29 is 57.1 Å². The zero-order valence-electron chi connectivity index (χ0n) is 36.4. The van der Waals surface area contributed by atoms with Crippen LogP contribution in [0.3, 0.4) is 0 Å². The Morgan fingerprint density at radius 2 is 0.722 bits per heavy atom. The van der Waals surface area contributed by atoms with Crippen LogP contribution >= 0.6 is 0 Å². The molecule has 0 saturated heterocycles. The second-order valence-corrected chi connectivity index (χ2v) is 16.6. The predicted octanol–water partition coefficient (Wildman–Crippen LogP) is 17.2. The van der Waals surface area contributed by atoms with Crippen LogP contribution in [-0.4, -0.2) is 19.5 Å². The van der Waals surface area contributed by atoms with Crippen molar-refractivity contribution >= 4 is 21.8 Å². The Hall–Kier alpha value is -8.34. The smallest absolute Gasteiger partial charge is 0.308 e. The van der Waals surface area contributed by atoms with E-state index in [2.05, 4.69) is 0 Å². The van der Waals surface area contributed by atoms with E-state index in [1.165, 1.54) is 60.7 Å². The van der Waals surface area contributed by atoms with Crippen molar-refractivity contribution in [2.45, 2.75) is 24.7 Å². The van der Waals surface area contributed by atoms with E-state index in [9.17, 15) is 57.1 Å². The van der Waals surface area contributed by atoms with E-state index < -0.39 is 63.9 Å². The molecule has 0 saturated carbocycles. The minimum absolute atomic E-state index is 0.0143. The molecule has 4 nitrogen and oxygen atoms in total. The van der Waals surface area contributed by atoms with Gasteiger partial charge in [-0.1, -0.05) is 103 Å². The van der Waals surface area contributed by atoms with E-state index in [1.807, 2.05) is 0 Å². The number of halogens is 13. The zero-order valence-corrected chi connectivity index (χ0v) is 36.4. The largest absolute Gasteiger partial charge is 0.417 e. The third kappa shape index (κ3) is 9.01. The first-order valence-corrected chi connectivity index (χ1v) is 21.6. The second-order valence-electron chi connectivity index (χ2n) is 16.6. The van der Waals surface area contributed by atoms with Gasteiger partial charge in [-0.25, -0.2) is 19.3 Å². The van der Waals surface area contributed by atoms with Gasteiger partial charge in [0, 0.05) is 27.5 Å². The first-order valence-electron chi connectivity index (χ1n) is 21.6. The third-order valence-electron chi connectivity index (χ3n) is 12.0. The van der Waals surface area contributed by atoms with E-state index in [-0.39, 0.29) is 68.2 Å². The minimum Gasteiger partial charge on any atom is -0.308 e. The summed E-state index contributed by atoms with van der Waals surface area (Å²) in [7, 11) is 0. The fraction of sp³-hybridized carbons (Fsp3) is 0.0727. The highest BCUT2D eigenvalue weighted by molar-refractivity contribution is 6.12. The number of hydrogen-bond acceptors (Lipinski definition) is 3. The molecule has 0 aliphatic rings. The van der Waals surface area contributed by atoms with Gasteiger partial charge in [-0.15, -0.1) is 0 Å². The summed E-state index contributed by atoms with van der Waals surface area (Å²) in [6.45, 7) is 0. The average Bonchev–Trinajstić information content (AvgIpc) is 3.68. The summed E-state index contributed by atoms with van der Waals surface area (Å²) < 4.78 is 187. The molecule has 360 valence electrons. The lowest BCUT2D eigenvalue weighted by Gasteiger charge is -2.18. The number of rotatable bonds is 7. The molecule has 2 heterocycles. The van der Waals surface area contributed by atoms with Crippen LogP contribution in [0.5, 0.6) is 0 Å². The molecule has 10 aromatic rings. The summed E-state index contributed by atoms with van der Waals surface area (Å²) in [6, 6.07) is 38.6.